The molecule has 3 N–H and O–H groups in total. The van der Waals surface area contributed by atoms with E-state index in [4.69, 9.17) is 10.5 Å². The molecule has 8 nitrogen and oxygen atoms in total. The molecule has 0 bridgehead atoms. The second-order valence-corrected chi connectivity index (χ2v) is 8.97. The van der Waals surface area contributed by atoms with Gasteiger partial charge in [-0.15, -0.1) is 35.3 Å². The van der Waals surface area contributed by atoms with Crippen LogP contribution in [-0.2, 0) is 11.3 Å². The van der Waals surface area contributed by atoms with Gasteiger partial charge in [-0.25, -0.2) is 9.78 Å². The van der Waals surface area contributed by atoms with Gasteiger partial charge in [0.1, 0.15) is 0 Å². The van der Waals surface area contributed by atoms with E-state index in [2.05, 4.69) is 32.5 Å². The summed E-state index contributed by atoms with van der Waals surface area (Å²) in [6, 6.07) is 0.271. The largest absolute Gasteiger partial charge is 0.450 e. The van der Waals surface area contributed by atoms with Crippen molar-refractivity contribution in [2.75, 3.05) is 39.3 Å². The Labute approximate surface area is 200 Å². The molecule has 2 aliphatic heterocycles. The summed E-state index contributed by atoms with van der Waals surface area (Å²) >= 11 is 1.72. The van der Waals surface area contributed by atoms with E-state index in [1.807, 2.05) is 6.92 Å². The average Bonchev–Trinajstić information content (AvgIpc) is 3.13. The highest BCUT2D eigenvalue weighted by atomic mass is 127. The first-order valence-corrected chi connectivity index (χ1v) is 11.5. The van der Waals surface area contributed by atoms with Crippen molar-refractivity contribution in [3.8, 4) is 0 Å². The van der Waals surface area contributed by atoms with Crippen molar-refractivity contribution in [2.45, 2.75) is 52.1 Å². The van der Waals surface area contributed by atoms with Crippen LogP contribution in [0.1, 0.15) is 43.3 Å². The van der Waals surface area contributed by atoms with E-state index >= 15 is 0 Å². The van der Waals surface area contributed by atoms with Crippen molar-refractivity contribution in [1.82, 2.24) is 20.1 Å². The van der Waals surface area contributed by atoms with Crippen LogP contribution in [-0.4, -0.2) is 72.2 Å². The van der Waals surface area contributed by atoms with Gasteiger partial charge in [-0.2, -0.15) is 0 Å². The molecular weight excluding hydrogens is 515 g/mol. The Kier molecular flexibility index (Phi) is 10.6. The number of ether oxygens (including phenoxy) is 1. The summed E-state index contributed by atoms with van der Waals surface area (Å²) in [5, 5.41) is 6.62. The van der Waals surface area contributed by atoms with Gasteiger partial charge in [0, 0.05) is 37.6 Å². The van der Waals surface area contributed by atoms with Crippen LogP contribution in [0.5, 0.6) is 0 Å². The van der Waals surface area contributed by atoms with E-state index in [-0.39, 0.29) is 36.1 Å². The third-order valence-electron chi connectivity index (χ3n) is 5.65. The minimum atomic E-state index is -0.219. The molecule has 0 aliphatic carbocycles. The van der Waals surface area contributed by atoms with Crippen molar-refractivity contribution < 1.29 is 9.53 Å². The van der Waals surface area contributed by atoms with Gasteiger partial charge < -0.3 is 20.7 Å². The number of rotatable bonds is 6. The fraction of sp³-hybridized carbons (Fsp3) is 0.750. The van der Waals surface area contributed by atoms with E-state index in [0.29, 0.717) is 31.6 Å². The van der Waals surface area contributed by atoms with Crippen molar-refractivity contribution in [3.05, 3.63) is 16.1 Å². The summed E-state index contributed by atoms with van der Waals surface area (Å²) in [4.78, 5) is 25.1. The molecule has 170 valence electrons. The topological polar surface area (TPSA) is 96.1 Å². The van der Waals surface area contributed by atoms with E-state index < -0.39 is 0 Å². The molecular formula is C20H35IN6O2S. The zero-order chi connectivity index (χ0) is 20.6. The Hall–Kier alpha value is -1.14. The second kappa shape index (κ2) is 12.7. The molecule has 2 saturated heterocycles. The average molecular weight is 551 g/mol. The van der Waals surface area contributed by atoms with Crippen LogP contribution in [0.25, 0.3) is 0 Å². The lowest BCUT2D eigenvalue weighted by Crippen LogP contribution is -2.48. The van der Waals surface area contributed by atoms with Gasteiger partial charge in [-0.05, 0) is 58.5 Å². The van der Waals surface area contributed by atoms with Gasteiger partial charge in [0.25, 0.3) is 0 Å². The van der Waals surface area contributed by atoms with Crippen LogP contribution < -0.4 is 11.1 Å². The van der Waals surface area contributed by atoms with Crippen LogP contribution in [0.3, 0.4) is 0 Å². The number of hydrogen-bond donors (Lipinski definition) is 2. The number of amides is 1. The zero-order valence-electron chi connectivity index (χ0n) is 18.0. The predicted molar refractivity (Wildman–Crippen MR) is 132 cm³/mol. The molecule has 1 aromatic rings. The van der Waals surface area contributed by atoms with Crippen LogP contribution in [0.2, 0.25) is 0 Å². The van der Waals surface area contributed by atoms with Crippen LogP contribution in [0, 0.1) is 12.8 Å². The minimum absolute atomic E-state index is 0. The molecule has 1 amide bonds. The lowest BCUT2D eigenvalue weighted by Gasteiger charge is -2.32. The molecule has 30 heavy (non-hydrogen) atoms. The van der Waals surface area contributed by atoms with Gasteiger partial charge in [-0.1, -0.05) is 0 Å². The van der Waals surface area contributed by atoms with Crippen LogP contribution >= 0.6 is 35.3 Å². The lowest BCUT2D eigenvalue weighted by molar-refractivity contribution is 0.0963. The number of nitrogens with zero attached hydrogens (tertiary/aromatic N) is 4. The number of hydrogen-bond acceptors (Lipinski definition) is 6. The van der Waals surface area contributed by atoms with Gasteiger partial charge in [-0.3, -0.25) is 9.89 Å². The van der Waals surface area contributed by atoms with Crippen molar-refractivity contribution in [3.63, 3.8) is 0 Å². The number of piperidine rings is 2. The summed E-state index contributed by atoms with van der Waals surface area (Å²) < 4.78 is 5.06. The fourth-order valence-electron chi connectivity index (χ4n) is 3.94. The van der Waals surface area contributed by atoms with Gasteiger partial charge in [0.05, 0.1) is 17.3 Å². The number of aromatic nitrogens is 1. The highest BCUT2D eigenvalue weighted by Crippen LogP contribution is 2.20. The van der Waals surface area contributed by atoms with Crippen molar-refractivity contribution in [2.24, 2.45) is 16.6 Å². The number of nitrogens with two attached hydrogens (primary N) is 1. The Morgan fingerprint density at radius 2 is 2.00 bits per heavy atom. The van der Waals surface area contributed by atoms with E-state index in [9.17, 15) is 4.79 Å². The number of halogens is 1. The third kappa shape index (κ3) is 7.84. The molecule has 0 unspecified atom stereocenters. The first-order chi connectivity index (χ1) is 14.0. The molecule has 0 atom stereocenters. The minimum Gasteiger partial charge on any atom is -0.450 e. The molecule has 3 rings (SSSR count). The molecule has 0 aromatic carbocycles. The van der Waals surface area contributed by atoms with E-state index in [0.717, 1.165) is 56.9 Å². The molecule has 0 radical (unpaired) electrons. The number of aliphatic imine (C=N–C) groups is 1. The summed E-state index contributed by atoms with van der Waals surface area (Å²) in [6.07, 6.45) is 3.81. The highest BCUT2D eigenvalue weighted by Gasteiger charge is 2.24. The quantitative estimate of drug-likeness (QED) is 0.322. The normalized spacial score (nSPS) is 19.4. The molecule has 3 heterocycles. The van der Waals surface area contributed by atoms with Gasteiger partial charge in [0.2, 0.25) is 0 Å². The summed E-state index contributed by atoms with van der Waals surface area (Å²) in [5.74, 6) is 1.12. The fourth-order valence-corrected chi connectivity index (χ4v) is 4.54. The molecule has 2 aliphatic rings. The monoisotopic (exact) mass is 550 g/mol. The summed E-state index contributed by atoms with van der Waals surface area (Å²) in [5.41, 5.74) is 7.30. The van der Waals surface area contributed by atoms with Crippen LogP contribution in [0.4, 0.5) is 4.79 Å². The smallest absolute Gasteiger partial charge is 0.409 e. The number of nitrogens with one attached hydrogen (secondary N) is 1. The maximum atomic E-state index is 11.8. The second-order valence-electron chi connectivity index (χ2n) is 7.91. The zero-order valence-corrected chi connectivity index (χ0v) is 21.2. The summed E-state index contributed by atoms with van der Waals surface area (Å²) in [6.45, 7) is 9.61. The molecule has 10 heteroatoms. The highest BCUT2D eigenvalue weighted by molar-refractivity contribution is 14.0. The third-order valence-corrected chi connectivity index (χ3v) is 6.47. The number of carbonyl (C=O) groups excluding carboxylic acids is 1. The summed E-state index contributed by atoms with van der Waals surface area (Å²) in [7, 11) is 0. The number of carbonyl (C=O) groups is 1. The number of likely N-dealkylation sites (tertiary alicyclic amines) is 2. The standard InChI is InChI=1S/C20H34N6O2S.HI/c1-3-28-20(27)26-10-6-17(7-11-26)24-19(21)22-12-16-4-8-25(9-5-16)13-18-14-29-15(2)23-18;/h14,16-17H,3-13H2,1-2H3,(H3,21,22,24);1H. The first kappa shape index (κ1) is 25.1. The molecule has 2 fully saturated rings. The SMILES string of the molecule is CCOC(=O)N1CCC(NC(N)=NCC2CCN(Cc3csc(C)n3)CC2)CC1.I. The van der Waals surface area contributed by atoms with E-state index in [1.54, 1.807) is 16.2 Å². The maximum absolute atomic E-state index is 11.8. The van der Waals surface area contributed by atoms with Gasteiger partial charge in [0.15, 0.2) is 5.96 Å². The van der Waals surface area contributed by atoms with Crippen LogP contribution in [0.15, 0.2) is 10.4 Å². The Morgan fingerprint density at radius 3 is 2.60 bits per heavy atom. The molecule has 1 aromatic heterocycles. The van der Waals surface area contributed by atoms with E-state index in [1.165, 1.54) is 5.69 Å². The Morgan fingerprint density at radius 1 is 1.30 bits per heavy atom. The lowest BCUT2D eigenvalue weighted by atomic mass is 9.97. The molecule has 0 spiro atoms. The predicted octanol–water partition coefficient (Wildman–Crippen LogP) is 2.81. The first-order valence-electron chi connectivity index (χ1n) is 10.6. The maximum Gasteiger partial charge on any atom is 0.409 e. The number of aryl methyl sites for hydroxylation is 1. The Balaban J connectivity index is 0.00000320. The Bertz CT molecular complexity index is 685. The van der Waals surface area contributed by atoms with Crippen molar-refractivity contribution in [1.29, 1.82) is 0 Å². The number of thiazole rings is 1. The van der Waals surface area contributed by atoms with Crippen molar-refractivity contribution >= 4 is 47.4 Å². The number of guanidine groups is 1. The molecule has 0 saturated carbocycles. The van der Waals surface area contributed by atoms with Gasteiger partial charge >= 0.3 is 6.09 Å².